The number of rotatable bonds is 4. The standard InChI is InChI=1S/C16H17BrClNO/c1-11(20)15-8-7-14(9-16(15)18)19(2)10-12-3-5-13(17)6-4-12/h3-9,11,20H,10H2,1-2H3. The van der Waals surface area contributed by atoms with Crippen molar-refractivity contribution in [3.05, 3.63) is 63.1 Å². The summed E-state index contributed by atoms with van der Waals surface area (Å²) in [5.74, 6) is 0. The molecule has 0 saturated carbocycles. The first-order chi connectivity index (χ1) is 9.47. The van der Waals surface area contributed by atoms with E-state index < -0.39 is 6.10 Å². The summed E-state index contributed by atoms with van der Waals surface area (Å²) >= 11 is 9.63. The summed E-state index contributed by atoms with van der Waals surface area (Å²) in [6, 6.07) is 14.0. The van der Waals surface area contributed by atoms with Gasteiger partial charge in [-0.25, -0.2) is 0 Å². The molecule has 0 saturated heterocycles. The van der Waals surface area contributed by atoms with Crippen LogP contribution in [0.3, 0.4) is 0 Å². The Labute approximate surface area is 133 Å². The number of halogens is 2. The molecule has 0 aliphatic carbocycles. The van der Waals surface area contributed by atoms with Crippen molar-refractivity contribution in [3.8, 4) is 0 Å². The molecule has 1 N–H and O–H groups in total. The molecule has 0 heterocycles. The Balaban J connectivity index is 2.15. The number of aliphatic hydroxyl groups is 1. The number of hydrogen-bond acceptors (Lipinski definition) is 2. The van der Waals surface area contributed by atoms with Gasteiger partial charge in [0.25, 0.3) is 0 Å². The van der Waals surface area contributed by atoms with Crippen molar-refractivity contribution >= 4 is 33.2 Å². The van der Waals surface area contributed by atoms with Crippen LogP contribution in [0, 0.1) is 0 Å². The minimum atomic E-state index is -0.548. The van der Waals surface area contributed by atoms with E-state index in [2.05, 4.69) is 33.0 Å². The first kappa shape index (κ1) is 15.4. The largest absolute Gasteiger partial charge is 0.389 e. The normalized spacial score (nSPS) is 12.2. The van der Waals surface area contributed by atoms with Crippen molar-refractivity contribution in [1.82, 2.24) is 0 Å². The Bertz CT molecular complexity index is 584. The molecule has 2 aromatic carbocycles. The van der Waals surface area contributed by atoms with Crippen LogP contribution in [-0.2, 0) is 6.54 Å². The van der Waals surface area contributed by atoms with Crippen LogP contribution in [0.4, 0.5) is 5.69 Å². The average Bonchev–Trinajstić information content (AvgIpc) is 2.40. The van der Waals surface area contributed by atoms with E-state index in [0.717, 1.165) is 22.3 Å². The molecular formula is C16H17BrClNO. The quantitative estimate of drug-likeness (QED) is 0.853. The third kappa shape index (κ3) is 3.75. The van der Waals surface area contributed by atoms with Crippen LogP contribution in [0.15, 0.2) is 46.9 Å². The second-order valence-corrected chi connectivity index (χ2v) is 6.19. The molecule has 4 heteroatoms. The molecule has 0 aromatic heterocycles. The molecule has 1 atom stereocenters. The molecule has 20 heavy (non-hydrogen) atoms. The molecule has 2 nitrogen and oxygen atoms in total. The molecule has 0 aliphatic rings. The second kappa shape index (κ2) is 6.61. The smallest absolute Gasteiger partial charge is 0.0776 e. The predicted molar refractivity (Wildman–Crippen MR) is 88.3 cm³/mol. The van der Waals surface area contributed by atoms with Crippen molar-refractivity contribution < 1.29 is 5.11 Å². The average molecular weight is 355 g/mol. The maximum Gasteiger partial charge on any atom is 0.0776 e. The van der Waals surface area contributed by atoms with Crippen molar-refractivity contribution in [2.75, 3.05) is 11.9 Å². The predicted octanol–water partition coefficient (Wildman–Crippen LogP) is 4.79. The minimum absolute atomic E-state index is 0.548. The Hall–Kier alpha value is -1.03. The number of anilines is 1. The summed E-state index contributed by atoms with van der Waals surface area (Å²) in [6.45, 7) is 2.52. The number of nitrogens with zero attached hydrogens (tertiary/aromatic N) is 1. The summed E-state index contributed by atoms with van der Waals surface area (Å²) in [5.41, 5.74) is 3.02. The Kier molecular flexibility index (Phi) is 5.08. The lowest BCUT2D eigenvalue weighted by molar-refractivity contribution is 0.199. The zero-order valence-electron chi connectivity index (χ0n) is 11.5. The molecule has 2 aromatic rings. The van der Waals surface area contributed by atoms with Crippen LogP contribution < -0.4 is 4.90 Å². The number of benzene rings is 2. The van der Waals surface area contributed by atoms with E-state index >= 15 is 0 Å². The fourth-order valence-corrected chi connectivity index (χ4v) is 2.64. The fraction of sp³-hybridized carbons (Fsp3) is 0.250. The van der Waals surface area contributed by atoms with E-state index in [1.807, 2.05) is 37.4 Å². The third-order valence-corrected chi connectivity index (χ3v) is 4.06. The monoisotopic (exact) mass is 353 g/mol. The van der Waals surface area contributed by atoms with Crippen LogP contribution >= 0.6 is 27.5 Å². The first-order valence-electron chi connectivity index (χ1n) is 6.40. The summed E-state index contributed by atoms with van der Waals surface area (Å²) in [7, 11) is 2.02. The molecule has 0 amide bonds. The zero-order valence-corrected chi connectivity index (χ0v) is 13.8. The molecule has 0 bridgehead atoms. The Morgan fingerprint density at radius 2 is 1.85 bits per heavy atom. The molecular weight excluding hydrogens is 338 g/mol. The van der Waals surface area contributed by atoms with Crippen molar-refractivity contribution in [3.63, 3.8) is 0 Å². The van der Waals surface area contributed by atoms with Gasteiger partial charge >= 0.3 is 0 Å². The van der Waals surface area contributed by atoms with E-state index in [4.69, 9.17) is 11.6 Å². The molecule has 1 unspecified atom stereocenters. The van der Waals surface area contributed by atoms with Crippen molar-refractivity contribution in [2.45, 2.75) is 19.6 Å². The van der Waals surface area contributed by atoms with E-state index in [-0.39, 0.29) is 0 Å². The van der Waals surface area contributed by atoms with Crippen LogP contribution in [0.25, 0.3) is 0 Å². The van der Waals surface area contributed by atoms with Gasteiger partial charge in [-0.1, -0.05) is 45.7 Å². The molecule has 106 valence electrons. The summed E-state index contributed by atoms with van der Waals surface area (Å²) in [6.07, 6.45) is -0.548. The van der Waals surface area contributed by atoms with Gasteiger partial charge in [-0.3, -0.25) is 0 Å². The lowest BCUT2D eigenvalue weighted by atomic mass is 10.1. The number of hydrogen-bond donors (Lipinski definition) is 1. The van der Waals surface area contributed by atoms with Crippen molar-refractivity contribution in [1.29, 1.82) is 0 Å². The van der Waals surface area contributed by atoms with E-state index in [1.165, 1.54) is 5.56 Å². The maximum absolute atomic E-state index is 9.59. The number of aliphatic hydroxyl groups excluding tert-OH is 1. The van der Waals surface area contributed by atoms with Gasteiger partial charge < -0.3 is 10.0 Å². The van der Waals surface area contributed by atoms with E-state index in [0.29, 0.717) is 5.02 Å². The molecule has 0 fully saturated rings. The van der Waals surface area contributed by atoms with Gasteiger partial charge in [-0.05, 0) is 42.3 Å². The molecule has 2 rings (SSSR count). The van der Waals surface area contributed by atoms with Crippen LogP contribution in [-0.4, -0.2) is 12.2 Å². The highest BCUT2D eigenvalue weighted by molar-refractivity contribution is 9.10. The van der Waals surface area contributed by atoms with Gasteiger partial charge in [0.15, 0.2) is 0 Å². The second-order valence-electron chi connectivity index (χ2n) is 4.86. The van der Waals surface area contributed by atoms with Crippen LogP contribution in [0.2, 0.25) is 5.02 Å². The van der Waals surface area contributed by atoms with Gasteiger partial charge in [-0.15, -0.1) is 0 Å². The van der Waals surface area contributed by atoms with E-state index in [9.17, 15) is 5.11 Å². The van der Waals surface area contributed by atoms with Crippen LogP contribution in [0.5, 0.6) is 0 Å². The topological polar surface area (TPSA) is 23.5 Å². The summed E-state index contributed by atoms with van der Waals surface area (Å²) in [5, 5.41) is 10.2. The van der Waals surface area contributed by atoms with Gasteiger partial charge in [0.05, 0.1) is 6.10 Å². The highest BCUT2D eigenvalue weighted by atomic mass is 79.9. The molecule has 0 radical (unpaired) electrons. The Morgan fingerprint density at radius 1 is 1.20 bits per heavy atom. The summed E-state index contributed by atoms with van der Waals surface area (Å²) in [4.78, 5) is 2.13. The molecule has 0 spiro atoms. The minimum Gasteiger partial charge on any atom is -0.389 e. The summed E-state index contributed by atoms with van der Waals surface area (Å²) < 4.78 is 1.08. The van der Waals surface area contributed by atoms with Gasteiger partial charge in [0.2, 0.25) is 0 Å². The van der Waals surface area contributed by atoms with Crippen LogP contribution in [0.1, 0.15) is 24.2 Å². The Morgan fingerprint density at radius 3 is 2.40 bits per heavy atom. The van der Waals surface area contributed by atoms with Gasteiger partial charge in [0.1, 0.15) is 0 Å². The highest BCUT2D eigenvalue weighted by Crippen LogP contribution is 2.28. The lowest BCUT2D eigenvalue weighted by Gasteiger charge is -2.21. The van der Waals surface area contributed by atoms with Crippen molar-refractivity contribution in [2.24, 2.45) is 0 Å². The lowest BCUT2D eigenvalue weighted by Crippen LogP contribution is -2.16. The van der Waals surface area contributed by atoms with Gasteiger partial charge in [0, 0.05) is 28.8 Å². The highest BCUT2D eigenvalue weighted by Gasteiger charge is 2.09. The first-order valence-corrected chi connectivity index (χ1v) is 7.57. The molecule has 0 aliphatic heterocycles. The third-order valence-electron chi connectivity index (χ3n) is 3.21. The fourth-order valence-electron chi connectivity index (χ4n) is 2.05. The van der Waals surface area contributed by atoms with Gasteiger partial charge in [-0.2, -0.15) is 0 Å². The SMILES string of the molecule is CC(O)c1ccc(N(C)Cc2ccc(Br)cc2)cc1Cl. The van der Waals surface area contributed by atoms with E-state index in [1.54, 1.807) is 6.92 Å². The zero-order chi connectivity index (χ0) is 14.7. The maximum atomic E-state index is 9.59.